The van der Waals surface area contributed by atoms with Gasteiger partial charge in [-0.05, 0) is 60.4 Å². The van der Waals surface area contributed by atoms with Gasteiger partial charge in [0.2, 0.25) is 0 Å². The van der Waals surface area contributed by atoms with Gasteiger partial charge in [-0.25, -0.2) is 4.98 Å². The van der Waals surface area contributed by atoms with E-state index in [0.717, 1.165) is 27.2 Å². The second kappa shape index (κ2) is 9.50. The van der Waals surface area contributed by atoms with Crippen LogP contribution in [-0.2, 0) is 4.79 Å². The molecule has 3 aromatic carbocycles. The van der Waals surface area contributed by atoms with Crippen LogP contribution in [0.4, 0.5) is 5.69 Å². The Labute approximate surface area is 190 Å². The van der Waals surface area contributed by atoms with Gasteiger partial charge in [0.1, 0.15) is 10.8 Å². The van der Waals surface area contributed by atoms with Crippen molar-refractivity contribution >= 4 is 44.7 Å². The molecule has 0 bridgehead atoms. The third-order valence-corrected chi connectivity index (χ3v) is 6.52. The molecule has 4 nitrogen and oxygen atoms in total. The second-order valence-electron chi connectivity index (χ2n) is 7.39. The first kappa shape index (κ1) is 21.3. The molecule has 4 aromatic rings. The van der Waals surface area contributed by atoms with Gasteiger partial charge in [0, 0.05) is 10.6 Å². The van der Waals surface area contributed by atoms with Gasteiger partial charge >= 0.3 is 0 Å². The summed E-state index contributed by atoms with van der Waals surface area (Å²) >= 11 is 7.79. The van der Waals surface area contributed by atoms with E-state index < -0.39 is 0 Å². The average Bonchev–Trinajstić information content (AvgIpc) is 3.23. The van der Waals surface area contributed by atoms with Crippen molar-refractivity contribution in [2.24, 2.45) is 0 Å². The number of carbonyl (C=O) groups excluding carboxylic acids is 1. The minimum atomic E-state index is -0.240. The van der Waals surface area contributed by atoms with Crippen LogP contribution in [0, 0.1) is 0 Å². The van der Waals surface area contributed by atoms with Gasteiger partial charge in [-0.15, -0.1) is 11.3 Å². The first-order valence-corrected chi connectivity index (χ1v) is 11.4. The van der Waals surface area contributed by atoms with Crippen molar-refractivity contribution in [2.45, 2.75) is 26.2 Å². The van der Waals surface area contributed by atoms with E-state index in [9.17, 15) is 4.79 Å². The van der Waals surface area contributed by atoms with Crippen LogP contribution in [0.3, 0.4) is 0 Å². The Balaban J connectivity index is 1.47. The van der Waals surface area contributed by atoms with E-state index in [0.29, 0.717) is 22.4 Å². The van der Waals surface area contributed by atoms with Crippen LogP contribution in [0.1, 0.15) is 31.7 Å². The highest BCUT2D eigenvalue weighted by Crippen LogP contribution is 2.36. The lowest BCUT2D eigenvalue weighted by molar-refractivity contribution is -0.118. The van der Waals surface area contributed by atoms with Gasteiger partial charge in [0.25, 0.3) is 5.91 Å². The Morgan fingerprint density at radius 3 is 2.65 bits per heavy atom. The number of hydrogen-bond acceptors (Lipinski definition) is 4. The van der Waals surface area contributed by atoms with Gasteiger partial charge in [-0.1, -0.05) is 49.7 Å². The summed E-state index contributed by atoms with van der Waals surface area (Å²) in [6.45, 7) is 4.28. The van der Waals surface area contributed by atoms with E-state index in [-0.39, 0.29) is 12.5 Å². The highest BCUT2D eigenvalue weighted by atomic mass is 35.5. The van der Waals surface area contributed by atoms with E-state index in [1.54, 1.807) is 23.5 Å². The number of ether oxygens (including phenoxy) is 1. The molecular formula is C25H23ClN2O2S. The number of carbonyl (C=O) groups is 1. The molecule has 4 rings (SSSR count). The monoisotopic (exact) mass is 450 g/mol. The molecule has 1 N–H and O–H groups in total. The van der Waals surface area contributed by atoms with Crippen molar-refractivity contribution in [2.75, 3.05) is 11.9 Å². The molecule has 0 saturated carbocycles. The number of thiazole rings is 1. The molecule has 0 aliphatic carbocycles. The fourth-order valence-corrected chi connectivity index (χ4v) is 4.42. The molecule has 0 saturated heterocycles. The molecule has 158 valence electrons. The molecule has 6 heteroatoms. The Morgan fingerprint density at radius 1 is 1.13 bits per heavy atom. The molecule has 1 aromatic heterocycles. The summed E-state index contributed by atoms with van der Waals surface area (Å²) in [4.78, 5) is 17.3. The third kappa shape index (κ3) is 5.06. The molecule has 0 fully saturated rings. The van der Waals surface area contributed by atoms with Crippen molar-refractivity contribution in [3.05, 3.63) is 77.3 Å². The molecule has 0 radical (unpaired) electrons. The predicted molar refractivity (Wildman–Crippen MR) is 129 cm³/mol. The summed E-state index contributed by atoms with van der Waals surface area (Å²) in [6, 6.07) is 21.2. The van der Waals surface area contributed by atoms with Crippen LogP contribution in [0.25, 0.3) is 20.8 Å². The summed E-state index contributed by atoms with van der Waals surface area (Å²) in [5.41, 5.74) is 3.63. The quantitative estimate of drug-likeness (QED) is 0.325. The van der Waals surface area contributed by atoms with Crippen LogP contribution in [-0.4, -0.2) is 17.5 Å². The second-order valence-corrected chi connectivity index (χ2v) is 8.86. The van der Waals surface area contributed by atoms with Crippen LogP contribution < -0.4 is 10.1 Å². The number of amides is 1. The Morgan fingerprint density at radius 2 is 1.90 bits per heavy atom. The van der Waals surface area contributed by atoms with Gasteiger partial charge in [-0.2, -0.15) is 0 Å². The summed E-state index contributed by atoms with van der Waals surface area (Å²) in [5, 5.41) is 4.33. The van der Waals surface area contributed by atoms with Crippen molar-refractivity contribution in [3.63, 3.8) is 0 Å². The van der Waals surface area contributed by atoms with Crippen molar-refractivity contribution in [3.8, 4) is 16.3 Å². The smallest absolute Gasteiger partial charge is 0.262 e. The van der Waals surface area contributed by atoms with Crippen LogP contribution in [0.2, 0.25) is 5.02 Å². The fourth-order valence-electron chi connectivity index (χ4n) is 3.25. The fraction of sp³-hybridized carbons (Fsp3) is 0.200. The molecule has 1 atom stereocenters. The lowest BCUT2D eigenvalue weighted by Crippen LogP contribution is -2.20. The topological polar surface area (TPSA) is 51.2 Å². The van der Waals surface area contributed by atoms with E-state index in [4.69, 9.17) is 21.3 Å². The summed E-state index contributed by atoms with van der Waals surface area (Å²) in [5.74, 6) is 0.934. The molecule has 31 heavy (non-hydrogen) atoms. The summed E-state index contributed by atoms with van der Waals surface area (Å²) in [6.07, 6.45) is 1.08. The zero-order chi connectivity index (χ0) is 21.8. The van der Waals surface area contributed by atoms with Gasteiger partial charge in [0.15, 0.2) is 6.61 Å². The zero-order valence-electron chi connectivity index (χ0n) is 17.4. The van der Waals surface area contributed by atoms with E-state index >= 15 is 0 Å². The van der Waals surface area contributed by atoms with Crippen LogP contribution in [0.15, 0.2) is 66.7 Å². The van der Waals surface area contributed by atoms with Crippen LogP contribution in [0.5, 0.6) is 5.75 Å². The largest absolute Gasteiger partial charge is 0.484 e. The van der Waals surface area contributed by atoms with E-state index in [1.165, 1.54) is 5.56 Å². The maximum absolute atomic E-state index is 12.6. The number of nitrogens with zero attached hydrogens (tertiary/aromatic N) is 1. The normalized spacial score (nSPS) is 12.0. The maximum atomic E-state index is 12.6. The number of hydrogen-bond donors (Lipinski definition) is 1. The number of rotatable bonds is 7. The third-order valence-electron chi connectivity index (χ3n) is 5.21. The van der Waals surface area contributed by atoms with Crippen LogP contribution >= 0.6 is 22.9 Å². The molecular weight excluding hydrogens is 428 g/mol. The molecule has 1 unspecified atom stereocenters. The van der Waals surface area contributed by atoms with Gasteiger partial charge < -0.3 is 10.1 Å². The number of halogens is 1. The number of benzene rings is 3. The lowest BCUT2D eigenvalue weighted by Gasteiger charge is -2.12. The Kier molecular flexibility index (Phi) is 6.54. The Bertz CT molecular complexity index is 1170. The molecule has 1 amide bonds. The van der Waals surface area contributed by atoms with Gasteiger partial charge in [0.05, 0.1) is 15.9 Å². The minimum absolute atomic E-state index is 0.0788. The molecule has 0 aliphatic rings. The minimum Gasteiger partial charge on any atom is -0.484 e. The van der Waals surface area contributed by atoms with Gasteiger partial charge in [-0.3, -0.25) is 4.79 Å². The first-order chi connectivity index (χ1) is 15.0. The molecule has 1 heterocycles. The number of nitrogens with one attached hydrogen (secondary N) is 1. The summed E-state index contributed by atoms with van der Waals surface area (Å²) < 4.78 is 6.76. The van der Waals surface area contributed by atoms with Crippen molar-refractivity contribution < 1.29 is 9.53 Å². The van der Waals surface area contributed by atoms with Crippen molar-refractivity contribution in [1.29, 1.82) is 0 Å². The number of fused-ring (bicyclic) bond motifs is 1. The zero-order valence-corrected chi connectivity index (χ0v) is 19.0. The standard InChI is InChI=1S/C25H23ClN2O2S/c1-3-16(2)17-8-11-19(12-9-17)30-15-24(29)27-21-13-10-18(26)14-20(21)25-28-22-6-4-5-7-23(22)31-25/h4-14,16H,3,15H2,1-2H3,(H,27,29). The van der Waals surface area contributed by atoms with E-state index in [2.05, 4.69) is 19.2 Å². The number of anilines is 1. The number of para-hydroxylation sites is 1. The van der Waals surface area contributed by atoms with Crippen molar-refractivity contribution in [1.82, 2.24) is 4.98 Å². The lowest BCUT2D eigenvalue weighted by atomic mass is 9.99. The maximum Gasteiger partial charge on any atom is 0.262 e. The summed E-state index contributed by atoms with van der Waals surface area (Å²) in [7, 11) is 0. The SMILES string of the molecule is CCC(C)c1ccc(OCC(=O)Nc2ccc(Cl)cc2-c2nc3ccccc3s2)cc1. The predicted octanol–water partition coefficient (Wildman–Crippen LogP) is 7.15. The molecule has 0 spiro atoms. The Hall–Kier alpha value is -2.89. The average molecular weight is 451 g/mol. The highest BCUT2D eigenvalue weighted by Gasteiger charge is 2.14. The highest BCUT2D eigenvalue weighted by molar-refractivity contribution is 7.21. The van der Waals surface area contributed by atoms with E-state index in [1.807, 2.05) is 54.6 Å². The first-order valence-electron chi connectivity index (χ1n) is 10.2. The number of aromatic nitrogens is 1. The molecule has 0 aliphatic heterocycles.